The monoisotopic (exact) mass is 500 g/mol. The van der Waals surface area contributed by atoms with Gasteiger partial charge in [-0.1, -0.05) is 22.0 Å². The first kappa shape index (κ1) is 18.3. The molecule has 0 amide bonds. The van der Waals surface area contributed by atoms with Crippen LogP contribution in [0.5, 0.6) is 5.75 Å². The van der Waals surface area contributed by atoms with Gasteiger partial charge in [0.15, 0.2) is 0 Å². The van der Waals surface area contributed by atoms with E-state index in [9.17, 15) is 5.11 Å². The minimum Gasteiger partial charge on any atom is -0.506 e. The molecular weight excluding hydrogens is 488 g/mol. The molecule has 0 atom stereocenters. The number of phenolic OH excluding ortho intramolecular Hbond substituents is 1. The number of rotatable bonds is 3. The third-order valence-electron chi connectivity index (χ3n) is 4.07. The molecule has 0 spiro atoms. The summed E-state index contributed by atoms with van der Waals surface area (Å²) in [5.41, 5.74) is 4.77. The maximum absolute atomic E-state index is 10.1. The van der Waals surface area contributed by atoms with E-state index in [4.69, 9.17) is 4.98 Å². The van der Waals surface area contributed by atoms with E-state index in [0.29, 0.717) is 10.0 Å². The van der Waals surface area contributed by atoms with Crippen molar-refractivity contribution in [3.63, 3.8) is 0 Å². The van der Waals surface area contributed by atoms with Crippen LogP contribution < -0.4 is 0 Å². The molecule has 0 fully saturated rings. The SMILES string of the molecule is Cc1ccc2sc(-c3ccc(N=Cc4cc(Br)cc(Br)c4O)cc3)nc2c1. The van der Waals surface area contributed by atoms with E-state index in [0.717, 1.165) is 26.2 Å². The topological polar surface area (TPSA) is 45.5 Å². The average molecular weight is 502 g/mol. The van der Waals surface area contributed by atoms with Gasteiger partial charge in [0, 0.05) is 21.8 Å². The van der Waals surface area contributed by atoms with Gasteiger partial charge in [-0.15, -0.1) is 11.3 Å². The zero-order valence-electron chi connectivity index (χ0n) is 14.3. The summed E-state index contributed by atoms with van der Waals surface area (Å²) in [6.07, 6.45) is 1.65. The van der Waals surface area contributed by atoms with Crippen LogP contribution in [0.3, 0.4) is 0 Å². The number of thiazole rings is 1. The molecule has 6 heteroatoms. The Labute approximate surface area is 177 Å². The molecule has 0 bridgehead atoms. The summed E-state index contributed by atoms with van der Waals surface area (Å²) >= 11 is 8.44. The van der Waals surface area contributed by atoms with Crippen LogP contribution in [0.15, 0.2) is 68.5 Å². The van der Waals surface area contributed by atoms with E-state index in [2.05, 4.69) is 62.0 Å². The van der Waals surface area contributed by atoms with Crippen molar-refractivity contribution in [3.8, 4) is 16.3 Å². The van der Waals surface area contributed by atoms with Gasteiger partial charge < -0.3 is 5.11 Å². The number of benzene rings is 3. The first-order chi connectivity index (χ1) is 13.0. The maximum atomic E-state index is 10.1. The third kappa shape index (κ3) is 3.98. The first-order valence-corrected chi connectivity index (χ1v) is 10.6. The fourth-order valence-electron chi connectivity index (χ4n) is 2.68. The molecule has 0 aliphatic rings. The fourth-order valence-corrected chi connectivity index (χ4v) is 4.89. The Morgan fingerprint density at radius 1 is 1.04 bits per heavy atom. The summed E-state index contributed by atoms with van der Waals surface area (Å²) in [4.78, 5) is 9.20. The summed E-state index contributed by atoms with van der Waals surface area (Å²) in [6.45, 7) is 2.08. The third-order valence-corrected chi connectivity index (χ3v) is 6.22. The molecule has 27 heavy (non-hydrogen) atoms. The van der Waals surface area contributed by atoms with Crippen molar-refractivity contribution in [3.05, 3.63) is 74.7 Å². The Balaban J connectivity index is 1.60. The molecular formula is C21H14Br2N2OS. The van der Waals surface area contributed by atoms with Crippen LogP contribution >= 0.6 is 43.2 Å². The zero-order chi connectivity index (χ0) is 19.0. The van der Waals surface area contributed by atoms with Crippen molar-refractivity contribution in [2.75, 3.05) is 0 Å². The smallest absolute Gasteiger partial charge is 0.138 e. The van der Waals surface area contributed by atoms with Crippen molar-refractivity contribution in [2.24, 2.45) is 4.99 Å². The average Bonchev–Trinajstić information content (AvgIpc) is 3.07. The van der Waals surface area contributed by atoms with Crippen molar-refractivity contribution in [1.29, 1.82) is 0 Å². The highest BCUT2D eigenvalue weighted by Crippen LogP contribution is 2.33. The normalized spacial score (nSPS) is 11.5. The predicted molar refractivity (Wildman–Crippen MR) is 121 cm³/mol. The molecule has 0 saturated carbocycles. The lowest BCUT2D eigenvalue weighted by Gasteiger charge is -2.03. The molecule has 0 aliphatic carbocycles. The number of halogens is 2. The van der Waals surface area contributed by atoms with Gasteiger partial charge in [-0.05, 0) is 76.9 Å². The van der Waals surface area contributed by atoms with Crippen LogP contribution in [0.1, 0.15) is 11.1 Å². The highest BCUT2D eigenvalue weighted by molar-refractivity contribution is 9.11. The van der Waals surface area contributed by atoms with E-state index < -0.39 is 0 Å². The number of hydrogen-bond donors (Lipinski definition) is 1. The summed E-state index contributed by atoms with van der Waals surface area (Å²) in [7, 11) is 0. The van der Waals surface area contributed by atoms with Crippen LogP contribution in [0, 0.1) is 6.92 Å². The van der Waals surface area contributed by atoms with Gasteiger partial charge >= 0.3 is 0 Å². The lowest BCUT2D eigenvalue weighted by molar-refractivity contribution is 0.471. The van der Waals surface area contributed by atoms with Gasteiger partial charge in [0.2, 0.25) is 0 Å². The molecule has 3 aromatic carbocycles. The number of phenols is 1. The van der Waals surface area contributed by atoms with Gasteiger partial charge in [0.05, 0.1) is 20.4 Å². The van der Waals surface area contributed by atoms with Crippen LogP contribution in [0.4, 0.5) is 5.69 Å². The molecule has 1 aromatic heterocycles. The molecule has 4 aromatic rings. The largest absolute Gasteiger partial charge is 0.506 e. The standard InChI is InChI=1S/C21H14Br2N2OS/c1-12-2-7-19-18(8-12)25-21(27-19)13-3-5-16(6-4-13)24-11-14-9-15(22)10-17(23)20(14)26/h2-11,26H,1H3. The maximum Gasteiger partial charge on any atom is 0.138 e. The van der Waals surface area contributed by atoms with Gasteiger partial charge in [0.1, 0.15) is 10.8 Å². The van der Waals surface area contributed by atoms with Crippen LogP contribution in [-0.4, -0.2) is 16.3 Å². The molecule has 3 nitrogen and oxygen atoms in total. The number of hydrogen-bond acceptors (Lipinski definition) is 4. The second kappa shape index (κ2) is 7.54. The number of aromatic hydroxyl groups is 1. The first-order valence-electron chi connectivity index (χ1n) is 8.19. The lowest BCUT2D eigenvalue weighted by atomic mass is 10.2. The summed E-state index contributed by atoms with van der Waals surface area (Å²) in [6, 6.07) is 17.9. The summed E-state index contributed by atoms with van der Waals surface area (Å²) < 4.78 is 2.68. The van der Waals surface area contributed by atoms with E-state index in [1.165, 1.54) is 10.3 Å². The molecule has 4 rings (SSSR count). The Morgan fingerprint density at radius 3 is 2.59 bits per heavy atom. The van der Waals surface area contributed by atoms with E-state index >= 15 is 0 Å². The Morgan fingerprint density at radius 2 is 1.81 bits per heavy atom. The molecule has 134 valence electrons. The second-order valence-corrected chi connectivity index (χ2v) is 8.92. The number of aryl methyl sites for hydroxylation is 1. The molecule has 1 N–H and O–H groups in total. The van der Waals surface area contributed by atoms with Crippen molar-refractivity contribution in [2.45, 2.75) is 6.92 Å². The Kier molecular flexibility index (Phi) is 5.12. The molecule has 0 radical (unpaired) electrons. The van der Waals surface area contributed by atoms with Gasteiger partial charge in [0.25, 0.3) is 0 Å². The van der Waals surface area contributed by atoms with Gasteiger partial charge in [-0.3, -0.25) is 4.99 Å². The molecule has 0 aliphatic heterocycles. The van der Waals surface area contributed by atoms with Gasteiger partial charge in [-0.2, -0.15) is 0 Å². The van der Waals surface area contributed by atoms with E-state index in [-0.39, 0.29) is 5.75 Å². The molecule has 1 heterocycles. The van der Waals surface area contributed by atoms with Crippen molar-refractivity contribution in [1.82, 2.24) is 4.98 Å². The van der Waals surface area contributed by atoms with Gasteiger partial charge in [-0.25, -0.2) is 4.98 Å². The summed E-state index contributed by atoms with van der Waals surface area (Å²) in [5.74, 6) is 0.170. The van der Waals surface area contributed by atoms with Crippen LogP contribution in [0.25, 0.3) is 20.8 Å². The highest BCUT2D eigenvalue weighted by atomic mass is 79.9. The Hall–Kier alpha value is -2.02. The van der Waals surface area contributed by atoms with E-state index in [1.54, 1.807) is 23.6 Å². The Bertz CT molecular complexity index is 1170. The zero-order valence-corrected chi connectivity index (χ0v) is 18.3. The molecule has 0 saturated heterocycles. The lowest BCUT2D eigenvalue weighted by Crippen LogP contribution is -1.84. The fraction of sp³-hybridized carbons (Fsp3) is 0.0476. The number of fused-ring (bicyclic) bond motifs is 1. The number of aliphatic imine (C=N–C) groups is 1. The predicted octanol–water partition coefficient (Wildman–Crippen LogP) is 7.25. The van der Waals surface area contributed by atoms with E-state index in [1.807, 2.05) is 30.3 Å². The highest BCUT2D eigenvalue weighted by Gasteiger charge is 2.07. The van der Waals surface area contributed by atoms with Crippen molar-refractivity contribution >= 4 is 65.3 Å². The second-order valence-electron chi connectivity index (χ2n) is 6.12. The van der Waals surface area contributed by atoms with Crippen LogP contribution in [-0.2, 0) is 0 Å². The minimum atomic E-state index is 0.170. The number of nitrogens with zero attached hydrogens (tertiary/aromatic N) is 2. The van der Waals surface area contributed by atoms with Crippen molar-refractivity contribution < 1.29 is 5.11 Å². The quantitative estimate of drug-likeness (QED) is 0.300. The number of aromatic nitrogens is 1. The summed E-state index contributed by atoms with van der Waals surface area (Å²) in [5, 5.41) is 11.1. The van der Waals surface area contributed by atoms with Crippen LogP contribution in [0.2, 0.25) is 0 Å². The molecule has 0 unspecified atom stereocenters. The minimum absolute atomic E-state index is 0.170.